The third-order valence-electron chi connectivity index (χ3n) is 8.69. The second kappa shape index (κ2) is 9.16. The molecule has 1 saturated carbocycles. The molecule has 0 spiro atoms. The van der Waals surface area contributed by atoms with Crippen molar-refractivity contribution in [3.8, 4) is 11.3 Å². The molecule has 3 atom stereocenters. The van der Waals surface area contributed by atoms with Crippen molar-refractivity contribution in [2.75, 3.05) is 24.5 Å². The highest BCUT2D eigenvalue weighted by Gasteiger charge is 2.33. The summed E-state index contributed by atoms with van der Waals surface area (Å²) in [6.07, 6.45) is 2.50. The van der Waals surface area contributed by atoms with Crippen LogP contribution < -0.4 is 4.90 Å². The Labute approximate surface area is 226 Å². The van der Waals surface area contributed by atoms with E-state index in [2.05, 4.69) is 19.1 Å². The molecule has 2 fully saturated rings. The fraction of sp³-hybridized carbons (Fsp3) is 0.387. The van der Waals surface area contributed by atoms with Crippen LogP contribution in [0.4, 0.5) is 10.1 Å². The number of amides is 1. The molecule has 0 bridgehead atoms. The van der Waals surface area contributed by atoms with Crippen LogP contribution in [0.1, 0.15) is 66.0 Å². The average Bonchev–Trinajstić information content (AvgIpc) is 3.61. The standard InChI is InChI=1S/C31H32FN5O2/c1-18-16-35(17-29(18)38)22-9-10-24(25(32)13-22)26-15-30-33-27(14-28(21-7-8-21)37(30)34-26)31(39)36-12-11-20-5-3-4-6-23(20)19(36)2/h3-6,9-10,13-15,18-19,21,29,38H,7-8,11-12,16-17H2,1-2H3/t18-,19-,29-/m1/s1. The van der Waals surface area contributed by atoms with Crippen molar-refractivity contribution in [2.45, 2.75) is 51.2 Å². The molecule has 3 aliphatic rings. The maximum atomic E-state index is 15.4. The first-order chi connectivity index (χ1) is 18.9. The van der Waals surface area contributed by atoms with Gasteiger partial charge in [0.15, 0.2) is 5.65 Å². The fourth-order valence-corrected chi connectivity index (χ4v) is 6.17. The number of hydrogen-bond donors (Lipinski definition) is 1. The zero-order valence-corrected chi connectivity index (χ0v) is 22.2. The van der Waals surface area contributed by atoms with Crippen molar-refractivity contribution in [2.24, 2.45) is 5.92 Å². The molecular weight excluding hydrogens is 493 g/mol. The number of aliphatic hydroxyl groups is 1. The first-order valence-corrected chi connectivity index (χ1v) is 13.9. The molecule has 1 N–H and O–H groups in total. The first kappa shape index (κ1) is 24.3. The molecule has 1 amide bonds. The number of anilines is 1. The summed E-state index contributed by atoms with van der Waals surface area (Å²) in [6, 6.07) is 17.1. The molecule has 4 heterocycles. The third kappa shape index (κ3) is 4.18. The average molecular weight is 526 g/mol. The van der Waals surface area contributed by atoms with Gasteiger partial charge in [-0.25, -0.2) is 13.9 Å². The molecule has 2 aromatic heterocycles. The minimum Gasteiger partial charge on any atom is -0.391 e. The molecular formula is C31H32FN5O2. The molecule has 1 aliphatic carbocycles. The number of β-amino-alcohol motifs (C(OH)–C–C–N with tert-alkyl or cyclic N) is 1. The second-order valence-corrected chi connectivity index (χ2v) is 11.4. The number of benzene rings is 2. The highest BCUT2D eigenvalue weighted by Crippen LogP contribution is 2.41. The summed E-state index contributed by atoms with van der Waals surface area (Å²) in [5.41, 5.74) is 6.05. The number of nitrogens with zero attached hydrogens (tertiary/aromatic N) is 5. The number of rotatable bonds is 4. The van der Waals surface area contributed by atoms with Gasteiger partial charge < -0.3 is 14.9 Å². The van der Waals surface area contributed by atoms with Crippen LogP contribution in [-0.2, 0) is 6.42 Å². The number of carbonyl (C=O) groups is 1. The zero-order valence-electron chi connectivity index (χ0n) is 22.2. The molecule has 2 aromatic carbocycles. The van der Waals surface area contributed by atoms with Crippen LogP contribution >= 0.6 is 0 Å². The zero-order chi connectivity index (χ0) is 26.8. The van der Waals surface area contributed by atoms with Crippen LogP contribution in [0.5, 0.6) is 0 Å². The Kier molecular flexibility index (Phi) is 5.70. The summed E-state index contributed by atoms with van der Waals surface area (Å²) < 4.78 is 17.2. The minimum atomic E-state index is -0.405. The third-order valence-corrected chi connectivity index (χ3v) is 8.69. The number of hydrogen-bond acceptors (Lipinski definition) is 5. The first-order valence-electron chi connectivity index (χ1n) is 13.9. The van der Waals surface area contributed by atoms with Gasteiger partial charge >= 0.3 is 0 Å². The summed E-state index contributed by atoms with van der Waals surface area (Å²) in [4.78, 5) is 22.4. The maximum Gasteiger partial charge on any atom is 0.273 e. The molecule has 1 saturated heterocycles. The summed E-state index contributed by atoms with van der Waals surface area (Å²) in [5, 5.41) is 14.9. The van der Waals surface area contributed by atoms with E-state index in [-0.39, 0.29) is 23.7 Å². The molecule has 7 nitrogen and oxygen atoms in total. The summed E-state index contributed by atoms with van der Waals surface area (Å²) >= 11 is 0. The lowest BCUT2D eigenvalue weighted by atomic mass is 9.93. The van der Waals surface area contributed by atoms with Crippen LogP contribution in [-0.4, -0.2) is 56.2 Å². The predicted octanol–water partition coefficient (Wildman–Crippen LogP) is 4.99. The Morgan fingerprint density at radius 3 is 2.62 bits per heavy atom. The Bertz CT molecular complexity index is 1590. The highest BCUT2D eigenvalue weighted by molar-refractivity contribution is 5.93. The lowest BCUT2D eigenvalue weighted by Crippen LogP contribution is -2.39. The van der Waals surface area contributed by atoms with E-state index in [1.165, 1.54) is 17.2 Å². The number of halogens is 1. The minimum absolute atomic E-state index is 0.0300. The molecule has 0 radical (unpaired) electrons. The van der Waals surface area contributed by atoms with Crippen molar-refractivity contribution in [1.82, 2.24) is 19.5 Å². The van der Waals surface area contributed by atoms with Gasteiger partial charge in [0.05, 0.1) is 17.8 Å². The monoisotopic (exact) mass is 525 g/mol. The van der Waals surface area contributed by atoms with Crippen molar-refractivity contribution in [3.05, 3.63) is 82.9 Å². The van der Waals surface area contributed by atoms with Crippen LogP contribution in [0.25, 0.3) is 16.9 Å². The topological polar surface area (TPSA) is 74.0 Å². The Morgan fingerprint density at radius 1 is 1.05 bits per heavy atom. The van der Waals surface area contributed by atoms with Gasteiger partial charge in [-0.3, -0.25) is 4.79 Å². The van der Waals surface area contributed by atoms with Crippen molar-refractivity contribution in [1.29, 1.82) is 0 Å². The number of aromatic nitrogens is 3. The van der Waals surface area contributed by atoms with Gasteiger partial charge in [0, 0.05) is 54.5 Å². The molecule has 200 valence electrons. The Hall–Kier alpha value is -3.78. The number of aliphatic hydroxyl groups excluding tert-OH is 1. The SMILES string of the molecule is C[C@@H]1CN(c2ccc(-c3cc4nc(C(=O)N5CCc6ccccc6[C@H]5C)cc(C5CC5)n4n3)c(F)c2)C[C@H]1O. The van der Waals surface area contributed by atoms with Gasteiger partial charge in [0.25, 0.3) is 5.91 Å². The van der Waals surface area contributed by atoms with Gasteiger partial charge in [-0.15, -0.1) is 0 Å². The van der Waals surface area contributed by atoms with Gasteiger partial charge in [0.1, 0.15) is 11.5 Å². The van der Waals surface area contributed by atoms with Crippen LogP contribution in [0.2, 0.25) is 0 Å². The van der Waals surface area contributed by atoms with Gasteiger partial charge in [-0.05, 0) is 61.6 Å². The van der Waals surface area contributed by atoms with E-state index in [1.807, 2.05) is 41.0 Å². The maximum absolute atomic E-state index is 15.4. The Morgan fingerprint density at radius 2 is 1.87 bits per heavy atom. The second-order valence-electron chi connectivity index (χ2n) is 11.4. The van der Waals surface area contributed by atoms with Crippen LogP contribution in [0, 0.1) is 11.7 Å². The van der Waals surface area contributed by atoms with E-state index < -0.39 is 6.10 Å². The number of fused-ring (bicyclic) bond motifs is 2. The molecule has 2 aliphatic heterocycles. The highest BCUT2D eigenvalue weighted by atomic mass is 19.1. The van der Waals surface area contributed by atoms with E-state index in [0.29, 0.717) is 48.2 Å². The van der Waals surface area contributed by atoms with Crippen LogP contribution in [0.15, 0.2) is 54.6 Å². The van der Waals surface area contributed by atoms with Gasteiger partial charge in [0.2, 0.25) is 0 Å². The lowest BCUT2D eigenvalue weighted by molar-refractivity contribution is 0.0671. The van der Waals surface area contributed by atoms with Crippen molar-refractivity contribution < 1.29 is 14.3 Å². The van der Waals surface area contributed by atoms with E-state index in [4.69, 9.17) is 10.1 Å². The smallest absolute Gasteiger partial charge is 0.273 e. The summed E-state index contributed by atoms with van der Waals surface area (Å²) in [6.45, 7) is 5.92. The van der Waals surface area contributed by atoms with Gasteiger partial charge in [-0.1, -0.05) is 31.2 Å². The number of carbonyl (C=O) groups excluding carboxylic acids is 1. The quantitative estimate of drug-likeness (QED) is 0.407. The summed E-state index contributed by atoms with van der Waals surface area (Å²) in [7, 11) is 0. The normalized spacial score (nSPS) is 22.9. The fourth-order valence-electron chi connectivity index (χ4n) is 6.17. The largest absolute Gasteiger partial charge is 0.391 e. The van der Waals surface area contributed by atoms with E-state index in [1.54, 1.807) is 16.6 Å². The van der Waals surface area contributed by atoms with E-state index >= 15 is 4.39 Å². The molecule has 8 heteroatoms. The van der Waals surface area contributed by atoms with Gasteiger partial charge in [-0.2, -0.15) is 5.10 Å². The Balaban J connectivity index is 1.22. The van der Waals surface area contributed by atoms with E-state index in [9.17, 15) is 9.90 Å². The van der Waals surface area contributed by atoms with Crippen molar-refractivity contribution >= 4 is 17.2 Å². The molecule has 7 rings (SSSR count). The lowest BCUT2D eigenvalue weighted by Gasteiger charge is -2.35. The molecule has 4 aromatic rings. The van der Waals surface area contributed by atoms with Crippen molar-refractivity contribution in [3.63, 3.8) is 0 Å². The molecule has 0 unspecified atom stereocenters. The van der Waals surface area contributed by atoms with E-state index in [0.717, 1.165) is 30.6 Å². The van der Waals surface area contributed by atoms with Crippen LogP contribution in [0.3, 0.4) is 0 Å². The summed E-state index contributed by atoms with van der Waals surface area (Å²) in [5.74, 6) is 0.0273. The molecule has 39 heavy (non-hydrogen) atoms. The predicted molar refractivity (Wildman–Crippen MR) is 147 cm³/mol.